The van der Waals surface area contributed by atoms with Gasteiger partial charge in [0.15, 0.2) is 0 Å². The zero-order chi connectivity index (χ0) is 17.9. The van der Waals surface area contributed by atoms with Crippen LogP contribution in [-0.2, 0) is 22.3 Å². The molecule has 1 fully saturated rings. The number of anilines is 1. The molecule has 0 bridgehead atoms. The van der Waals surface area contributed by atoms with E-state index in [0.717, 1.165) is 12.1 Å². The third-order valence-corrected chi connectivity index (χ3v) is 4.00. The van der Waals surface area contributed by atoms with Crippen molar-refractivity contribution in [3.05, 3.63) is 29.3 Å². The SMILES string of the molecule is CCC(C(=O)Nc1cc(CN)cc(C(F)(F)F)c1)N1CCCC1=O.Cl. The predicted octanol–water partition coefficient (Wildman–Crippen LogP) is 2.93. The molecule has 1 aromatic carbocycles. The Bertz CT molecular complexity index is 638. The van der Waals surface area contributed by atoms with Crippen LogP contribution in [0.5, 0.6) is 0 Å². The molecule has 25 heavy (non-hydrogen) atoms. The maximum atomic E-state index is 12.9. The fourth-order valence-corrected chi connectivity index (χ4v) is 2.82. The number of amides is 2. The summed E-state index contributed by atoms with van der Waals surface area (Å²) in [5, 5.41) is 2.49. The number of carbonyl (C=O) groups is 2. The zero-order valence-corrected chi connectivity index (χ0v) is 14.5. The number of nitrogens with two attached hydrogens (primary N) is 1. The molecule has 140 valence electrons. The molecule has 1 saturated heterocycles. The molecule has 2 rings (SSSR count). The number of hydrogen-bond acceptors (Lipinski definition) is 3. The lowest BCUT2D eigenvalue weighted by atomic mass is 10.1. The van der Waals surface area contributed by atoms with Gasteiger partial charge in [0, 0.05) is 25.2 Å². The minimum Gasteiger partial charge on any atom is -0.331 e. The van der Waals surface area contributed by atoms with Crippen molar-refractivity contribution < 1.29 is 22.8 Å². The van der Waals surface area contributed by atoms with Crippen LogP contribution >= 0.6 is 12.4 Å². The minimum absolute atomic E-state index is 0. The number of benzene rings is 1. The van der Waals surface area contributed by atoms with Gasteiger partial charge in [-0.05, 0) is 36.6 Å². The van der Waals surface area contributed by atoms with Crippen LogP contribution in [0, 0.1) is 0 Å². The van der Waals surface area contributed by atoms with E-state index in [1.165, 1.54) is 11.0 Å². The van der Waals surface area contributed by atoms with Crippen molar-refractivity contribution in [2.45, 2.75) is 44.9 Å². The Hall–Kier alpha value is -1.80. The number of carbonyl (C=O) groups excluding carboxylic acids is 2. The fourth-order valence-electron chi connectivity index (χ4n) is 2.82. The van der Waals surface area contributed by atoms with Gasteiger partial charge in [-0.1, -0.05) is 6.92 Å². The van der Waals surface area contributed by atoms with Crippen molar-refractivity contribution in [2.24, 2.45) is 5.73 Å². The summed E-state index contributed by atoms with van der Waals surface area (Å²) in [4.78, 5) is 25.7. The number of rotatable bonds is 5. The van der Waals surface area contributed by atoms with Crippen LogP contribution in [-0.4, -0.2) is 29.3 Å². The lowest BCUT2D eigenvalue weighted by Gasteiger charge is -2.26. The summed E-state index contributed by atoms with van der Waals surface area (Å²) in [5.41, 5.74) is 4.86. The summed E-state index contributed by atoms with van der Waals surface area (Å²) < 4.78 is 38.8. The van der Waals surface area contributed by atoms with E-state index in [1.54, 1.807) is 6.92 Å². The van der Waals surface area contributed by atoms with Crippen LogP contribution in [0.15, 0.2) is 18.2 Å². The Morgan fingerprint density at radius 2 is 2.04 bits per heavy atom. The number of alkyl halides is 3. The van der Waals surface area contributed by atoms with Gasteiger partial charge in [0.05, 0.1) is 5.56 Å². The Labute approximate surface area is 150 Å². The molecule has 5 nitrogen and oxygen atoms in total. The quantitative estimate of drug-likeness (QED) is 0.826. The highest BCUT2D eigenvalue weighted by molar-refractivity contribution is 5.97. The number of likely N-dealkylation sites (tertiary alicyclic amines) is 1. The molecule has 0 spiro atoms. The summed E-state index contributed by atoms with van der Waals surface area (Å²) in [6.07, 6.45) is -3.06. The Morgan fingerprint density at radius 3 is 2.52 bits per heavy atom. The second-order valence-corrected chi connectivity index (χ2v) is 5.72. The van der Waals surface area contributed by atoms with E-state index in [0.29, 0.717) is 25.8 Å². The van der Waals surface area contributed by atoms with Crippen LogP contribution in [0.4, 0.5) is 18.9 Å². The van der Waals surface area contributed by atoms with Gasteiger partial charge in [0.25, 0.3) is 0 Å². The molecule has 0 aromatic heterocycles. The van der Waals surface area contributed by atoms with E-state index in [-0.39, 0.29) is 36.1 Å². The highest BCUT2D eigenvalue weighted by Crippen LogP contribution is 2.32. The first kappa shape index (κ1) is 21.2. The van der Waals surface area contributed by atoms with Crippen LogP contribution < -0.4 is 11.1 Å². The highest BCUT2D eigenvalue weighted by atomic mass is 35.5. The topological polar surface area (TPSA) is 75.4 Å². The molecule has 1 unspecified atom stereocenters. The van der Waals surface area contributed by atoms with Crippen molar-refractivity contribution in [1.29, 1.82) is 0 Å². The summed E-state index contributed by atoms with van der Waals surface area (Å²) in [7, 11) is 0. The van der Waals surface area contributed by atoms with Crippen LogP contribution in [0.1, 0.15) is 37.3 Å². The fraction of sp³-hybridized carbons (Fsp3) is 0.500. The molecule has 0 saturated carbocycles. The molecular formula is C16H21ClF3N3O2. The third kappa shape index (κ3) is 5.09. The van der Waals surface area contributed by atoms with Crippen molar-refractivity contribution in [2.75, 3.05) is 11.9 Å². The van der Waals surface area contributed by atoms with Crippen molar-refractivity contribution in [3.8, 4) is 0 Å². The Balaban J connectivity index is 0.00000312. The summed E-state index contributed by atoms with van der Waals surface area (Å²) in [6.45, 7) is 2.17. The van der Waals surface area contributed by atoms with E-state index >= 15 is 0 Å². The molecule has 0 aliphatic carbocycles. The second kappa shape index (κ2) is 8.53. The lowest BCUT2D eigenvalue weighted by Crippen LogP contribution is -2.44. The first-order chi connectivity index (χ1) is 11.3. The van der Waals surface area contributed by atoms with Crippen molar-refractivity contribution in [1.82, 2.24) is 4.90 Å². The first-order valence-electron chi connectivity index (χ1n) is 7.77. The van der Waals surface area contributed by atoms with Crippen LogP contribution in [0.25, 0.3) is 0 Å². The van der Waals surface area contributed by atoms with Crippen molar-refractivity contribution in [3.63, 3.8) is 0 Å². The largest absolute Gasteiger partial charge is 0.416 e. The van der Waals surface area contributed by atoms with Gasteiger partial charge < -0.3 is 16.0 Å². The average molecular weight is 380 g/mol. The first-order valence-corrected chi connectivity index (χ1v) is 7.77. The molecule has 0 radical (unpaired) electrons. The minimum atomic E-state index is -4.53. The molecule has 1 heterocycles. The number of halogens is 4. The second-order valence-electron chi connectivity index (χ2n) is 5.72. The summed E-state index contributed by atoms with van der Waals surface area (Å²) in [6, 6.07) is 2.55. The van der Waals surface area contributed by atoms with Gasteiger partial charge in [-0.25, -0.2) is 0 Å². The molecule has 1 aliphatic heterocycles. The normalized spacial score (nSPS) is 15.7. The van der Waals surface area contributed by atoms with Crippen LogP contribution in [0.3, 0.4) is 0 Å². The van der Waals surface area contributed by atoms with Gasteiger partial charge >= 0.3 is 6.18 Å². The molecular weight excluding hydrogens is 359 g/mol. The average Bonchev–Trinajstić information content (AvgIpc) is 2.93. The highest BCUT2D eigenvalue weighted by Gasteiger charge is 2.33. The van der Waals surface area contributed by atoms with Gasteiger partial charge in [0.1, 0.15) is 6.04 Å². The molecule has 2 amide bonds. The summed E-state index contributed by atoms with van der Waals surface area (Å²) in [5.74, 6) is -0.598. The van der Waals surface area contributed by atoms with E-state index in [4.69, 9.17) is 5.73 Å². The zero-order valence-electron chi connectivity index (χ0n) is 13.7. The number of nitrogens with zero attached hydrogens (tertiary/aromatic N) is 1. The molecule has 1 atom stereocenters. The van der Waals surface area contributed by atoms with Gasteiger partial charge in [-0.3, -0.25) is 9.59 Å². The molecule has 9 heteroatoms. The monoisotopic (exact) mass is 379 g/mol. The molecule has 3 N–H and O–H groups in total. The van der Waals surface area contributed by atoms with Gasteiger partial charge in [-0.15, -0.1) is 12.4 Å². The third-order valence-electron chi connectivity index (χ3n) is 4.00. The van der Waals surface area contributed by atoms with E-state index in [2.05, 4.69) is 5.32 Å². The maximum Gasteiger partial charge on any atom is 0.416 e. The van der Waals surface area contributed by atoms with E-state index < -0.39 is 23.7 Å². The predicted molar refractivity (Wildman–Crippen MR) is 90.2 cm³/mol. The number of nitrogens with one attached hydrogen (secondary N) is 1. The molecule has 1 aromatic rings. The van der Waals surface area contributed by atoms with E-state index in [1.807, 2.05) is 0 Å². The number of hydrogen-bond donors (Lipinski definition) is 2. The maximum absolute atomic E-state index is 12.9. The smallest absolute Gasteiger partial charge is 0.331 e. The summed E-state index contributed by atoms with van der Waals surface area (Å²) >= 11 is 0. The van der Waals surface area contributed by atoms with Crippen LogP contribution in [0.2, 0.25) is 0 Å². The molecule has 1 aliphatic rings. The Kier molecular flexibility index (Phi) is 7.25. The lowest BCUT2D eigenvalue weighted by molar-refractivity contribution is -0.137. The van der Waals surface area contributed by atoms with Gasteiger partial charge in [0.2, 0.25) is 11.8 Å². The van der Waals surface area contributed by atoms with Crippen molar-refractivity contribution >= 4 is 29.9 Å². The van der Waals surface area contributed by atoms with E-state index in [9.17, 15) is 22.8 Å². The standard InChI is InChI=1S/C16H20F3N3O2.ClH/c1-2-13(22-5-3-4-14(22)23)15(24)21-12-7-10(9-20)6-11(8-12)16(17,18)19;/h6-8,13H,2-5,9,20H2,1H3,(H,21,24);1H. The Morgan fingerprint density at radius 1 is 1.36 bits per heavy atom. The van der Waals surface area contributed by atoms with Gasteiger partial charge in [-0.2, -0.15) is 13.2 Å².